The first-order valence-corrected chi connectivity index (χ1v) is 8.08. The van der Waals surface area contributed by atoms with Gasteiger partial charge in [0.2, 0.25) is 5.91 Å². The van der Waals surface area contributed by atoms with E-state index in [1.165, 1.54) is 13.3 Å². The highest BCUT2D eigenvalue weighted by atomic mass is 16.5. The van der Waals surface area contributed by atoms with Crippen molar-refractivity contribution in [3.63, 3.8) is 0 Å². The fraction of sp³-hybridized carbons (Fsp3) is 0.316. The Morgan fingerprint density at radius 2 is 2.00 bits per heavy atom. The number of hydrogen-bond donors (Lipinski definition) is 1. The maximum absolute atomic E-state index is 11.9. The van der Waals surface area contributed by atoms with Crippen molar-refractivity contribution in [3.05, 3.63) is 59.4 Å². The molecule has 0 aliphatic carbocycles. The molecule has 1 aromatic carbocycles. The van der Waals surface area contributed by atoms with E-state index in [0.717, 1.165) is 11.3 Å². The number of carbonyl (C=O) groups excluding carboxylic acids is 2. The number of nitrogens with zero attached hydrogens (tertiary/aromatic N) is 1. The van der Waals surface area contributed by atoms with Crippen molar-refractivity contribution < 1.29 is 19.1 Å². The molecule has 0 fully saturated rings. The molecule has 6 heteroatoms. The van der Waals surface area contributed by atoms with E-state index in [2.05, 4.69) is 15.0 Å². The number of rotatable bonds is 8. The normalized spacial score (nSPS) is 10.2. The topological polar surface area (TPSA) is 77.5 Å². The van der Waals surface area contributed by atoms with Crippen LogP contribution in [0.4, 0.5) is 0 Å². The van der Waals surface area contributed by atoms with Gasteiger partial charge in [0.05, 0.1) is 31.5 Å². The molecule has 0 aliphatic heterocycles. The molecule has 0 bridgehead atoms. The molecule has 6 nitrogen and oxygen atoms in total. The molecular weight excluding hydrogens is 320 g/mol. The average Bonchev–Trinajstić information content (AvgIpc) is 2.64. The van der Waals surface area contributed by atoms with E-state index < -0.39 is 5.97 Å². The zero-order valence-corrected chi connectivity index (χ0v) is 14.5. The zero-order chi connectivity index (χ0) is 18.1. The quantitative estimate of drug-likeness (QED) is 0.589. The summed E-state index contributed by atoms with van der Waals surface area (Å²) in [5.74, 6) is 0.328. The number of nitrogens with one attached hydrogen (secondary N) is 1. The summed E-state index contributed by atoms with van der Waals surface area (Å²) in [7, 11) is 1.32. The van der Waals surface area contributed by atoms with Crippen molar-refractivity contribution in [2.75, 3.05) is 13.7 Å². The lowest BCUT2D eigenvalue weighted by Crippen LogP contribution is -2.23. The minimum Gasteiger partial charge on any atom is -0.493 e. The molecule has 1 heterocycles. The second kappa shape index (κ2) is 9.42. The second-order valence-electron chi connectivity index (χ2n) is 5.52. The van der Waals surface area contributed by atoms with Gasteiger partial charge >= 0.3 is 5.97 Å². The van der Waals surface area contributed by atoms with Crippen LogP contribution in [0, 0.1) is 6.92 Å². The number of benzene rings is 1. The number of aromatic nitrogens is 1. The Morgan fingerprint density at radius 1 is 1.20 bits per heavy atom. The first kappa shape index (κ1) is 18.4. The van der Waals surface area contributed by atoms with Gasteiger partial charge in [-0.3, -0.25) is 9.78 Å². The smallest absolute Gasteiger partial charge is 0.337 e. The van der Waals surface area contributed by atoms with Gasteiger partial charge in [-0.2, -0.15) is 0 Å². The van der Waals surface area contributed by atoms with Crippen LogP contribution in [0.3, 0.4) is 0 Å². The van der Waals surface area contributed by atoms with Gasteiger partial charge in [0.1, 0.15) is 5.75 Å². The lowest BCUT2D eigenvalue weighted by Gasteiger charge is -2.09. The summed E-state index contributed by atoms with van der Waals surface area (Å²) in [4.78, 5) is 27.5. The summed E-state index contributed by atoms with van der Waals surface area (Å²) in [6, 6.07) is 10.9. The monoisotopic (exact) mass is 342 g/mol. The van der Waals surface area contributed by atoms with Gasteiger partial charge in [-0.05, 0) is 37.1 Å². The molecule has 1 N–H and O–H groups in total. The van der Waals surface area contributed by atoms with Crippen molar-refractivity contribution in [1.82, 2.24) is 10.3 Å². The predicted octanol–water partition coefficient (Wildman–Crippen LogP) is 2.65. The minimum atomic E-state index is -0.427. The van der Waals surface area contributed by atoms with Crippen LogP contribution in [0.1, 0.15) is 34.5 Å². The largest absolute Gasteiger partial charge is 0.493 e. The number of pyridine rings is 1. The number of hydrogen-bond acceptors (Lipinski definition) is 5. The molecule has 0 saturated carbocycles. The van der Waals surface area contributed by atoms with E-state index in [9.17, 15) is 9.59 Å². The van der Waals surface area contributed by atoms with Gasteiger partial charge in [-0.15, -0.1) is 0 Å². The highest BCUT2D eigenvalue weighted by Gasteiger charge is 2.08. The van der Waals surface area contributed by atoms with E-state index >= 15 is 0 Å². The van der Waals surface area contributed by atoms with Gasteiger partial charge in [0.25, 0.3) is 0 Å². The summed E-state index contributed by atoms with van der Waals surface area (Å²) in [6.45, 7) is 2.73. The third kappa shape index (κ3) is 5.91. The van der Waals surface area contributed by atoms with Crippen LogP contribution in [-0.2, 0) is 16.1 Å². The van der Waals surface area contributed by atoms with Crippen molar-refractivity contribution in [3.8, 4) is 5.75 Å². The summed E-state index contributed by atoms with van der Waals surface area (Å²) in [5.41, 5.74) is 2.09. The molecule has 0 radical (unpaired) electrons. The first-order valence-electron chi connectivity index (χ1n) is 8.08. The number of esters is 1. The van der Waals surface area contributed by atoms with Gasteiger partial charge in [0, 0.05) is 12.6 Å². The summed E-state index contributed by atoms with van der Waals surface area (Å²) >= 11 is 0. The SMILES string of the molecule is COC(=O)c1ccnc(CNC(=O)CCCOc2ccccc2C)c1. The Labute approximate surface area is 147 Å². The van der Waals surface area contributed by atoms with E-state index in [-0.39, 0.29) is 12.5 Å². The van der Waals surface area contributed by atoms with Crippen molar-refractivity contribution in [1.29, 1.82) is 0 Å². The molecule has 132 valence electrons. The number of carbonyl (C=O) groups is 2. The van der Waals surface area contributed by atoms with Crippen LogP contribution < -0.4 is 10.1 Å². The van der Waals surface area contributed by atoms with Crippen LogP contribution in [0.2, 0.25) is 0 Å². The molecular formula is C19H22N2O4. The summed E-state index contributed by atoms with van der Waals surface area (Å²) in [6.07, 6.45) is 2.50. The van der Waals surface area contributed by atoms with Gasteiger partial charge < -0.3 is 14.8 Å². The van der Waals surface area contributed by atoms with Crippen LogP contribution in [0.25, 0.3) is 0 Å². The second-order valence-corrected chi connectivity index (χ2v) is 5.52. The molecule has 0 atom stereocenters. The fourth-order valence-corrected chi connectivity index (χ4v) is 2.23. The average molecular weight is 342 g/mol. The van der Waals surface area contributed by atoms with Crippen molar-refractivity contribution >= 4 is 11.9 Å². The molecule has 1 aromatic heterocycles. The Balaban J connectivity index is 1.70. The van der Waals surface area contributed by atoms with Crippen molar-refractivity contribution in [2.45, 2.75) is 26.3 Å². The standard InChI is InChI=1S/C19H22N2O4/c1-14-6-3-4-7-17(14)25-11-5-8-18(22)21-13-16-12-15(9-10-20-16)19(23)24-2/h3-4,6-7,9-10,12H,5,8,11,13H2,1-2H3,(H,21,22). The molecule has 1 amide bonds. The zero-order valence-electron chi connectivity index (χ0n) is 14.5. The highest BCUT2D eigenvalue weighted by Crippen LogP contribution is 2.16. The van der Waals surface area contributed by atoms with Gasteiger partial charge in [-0.25, -0.2) is 4.79 Å². The van der Waals surface area contributed by atoms with Crippen LogP contribution >= 0.6 is 0 Å². The van der Waals surface area contributed by atoms with Crippen molar-refractivity contribution in [2.24, 2.45) is 0 Å². The maximum atomic E-state index is 11.9. The Kier molecular flexibility index (Phi) is 6.95. The van der Waals surface area contributed by atoms with E-state index in [1.807, 2.05) is 31.2 Å². The Bertz CT molecular complexity index is 731. The molecule has 25 heavy (non-hydrogen) atoms. The van der Waals surface area contributed by atoms with Crippen LogP contribution in [-0.4, -0.2) is 30.6 Å². The lowest BCUT2D eigenvalue weighted by atomic mass is 10.2. The number of methoxy groups -OCH3 is 1. The fourth-order valence-electron chi connectivity index (χ4n) is 2.23. The summed E-state index contributed by atoms with van der Waals surface area (Å²) < 4.78 is 10.3. The summed E-state index contributed by atoms with van der Waals surface area (Å²) in [5, 5.41) is 2.78. The molecule has 2 rings (SSSR count). The predicted molar refractivity (Wildman–Crippen MR) is 93.3 cm³/mol. The third-order valence-corrected chi connectivity index (χ3v) is 3.60. The number of ether oxygens (including phenoxy) is 2. The minimum absolute atomic E-state index is 0.0846. The molecule has 2 aromatic rings. The number of amides is 1. The van der Waals surface area contributed by atoms with E-state index in [0.29, 0.717) is 30.7 Å². The van der Waals surface area contributed by atoms with E-state index in [1.54, 1.807) is 12.1 Å². The van der Waals surface area contributed by atoms with Gasteiger partial charge in [0.15, 0.2) is 0 Å². The molecule has 0 aliphatic rings. The third-order valence-electron chi connectivity index (χ3n) is 3.60. The number of aryl methyl sites for hydroxylation is 1. The molecule has 0 spiro atoms. The van der Waals surface area contributed by atoms with Crippen LogP contribution in [0.5, 0.6) is 5.75 Å². The number of para-hydroxylation sites is 1. The lowest BCUT2D eigenvalue weighted by molar-refractivity contribution is -0.121. The molecule has 0 saturated heterocycles. The van der Waals surface area contributed by atoms with E-state index in [4.69, 9.17) is 4.74 Å². The highest BCUT2D eigenvalue weighted by molar-refractivity contribution is 5.89. The Hall–Kier alpha value is -2.89. The van der Waals surface area contributed by atoms with Gasteiger partial charge in [-0.1, -0.05) is 18.2 Å². The first-order chi connectivity index (χ1) is 12.1. The Morgan fingerprint density at radius 3 is 2.76 bits per heavy atom. The van der Waals surface area contributed by atoms with Crippen LogP contribution in [0.15, 0.2) is 42.6 Å². The molecule has 0 unspecified atom stereocenters. The maximum Gasteiger partial charge on any atom is 0.337 e.